The number of benzene rings is 1. The van der Waals surface area contributed by atoms with Crippen molar-refractivity contribution < 1.29 is 13.6 Å². The number of rotatable bonds is 3. The van der Waals surface area contributed by atoms with Crippen molar-refractivity contribution in [2.45, 2.75) is 38.1 Å². The minimum Gasteiger partial charge on any atom is -0.342 e. The molecule has 1 aromatic rings. The van der Waals surface area contributed by atoms with Crippen LogP contribution in [0.25, 0.3) is 0 Å². The SMILES string of the molecule is CC(N)C1CCCN(C(=O)C2CC2c2cccc(F)c2F)C1. The Bertz CT molecular complexity index is 576. The van der Waals surface area contributed by atoms with Crippen molar-refractivity contribution in [1.82, 2.24) is 4.90 Å². The van der Waals surface area contributed by atoms with Gasteiger partial charge in [0.05, 0.1) is 0 Å². The van der Waals surface area contributed by atoms with Crippen LogP contribution >= 0.6 is 0 Å². The standard InChI is InChI=1S/C17H22F2N2O/c1-10(20)11-4-3-7-21(9-11)17(22)14-8-13(14)12-5-2-6-15(18)16(12)19/h2,5-6,10-11,13-14H,3-4,7-9,20H2,1H3. The number of amides is 1. The quantitative estimate of drug-likeness (QED) is 0.933. The summed E-state index contributed by atoms with van der Waals surface area (Å²) in [7, 11) is 0. The lowest BCUT2D eigenvalue weighted by atomic mass is 9.92. The Hall–Kier alpha value is -1.49. The molecule has 5 heteroatoms. The van der Waals surface area contributed by atoms with Crippen molar-refractivity contribution in [2.75, 3.05) is 13.1 Å². The van der Waals surface area contributed by atoms with Gasteiger partial charge in [0, 0.05) is 25.0 Å². The van der Waals surface area contributed by atoms with E-state index in [2.05, 4.69) is 0 Å². The molecule has 1 aliphatic carbocycles. The van der Waals surface area contributed by atoms with E-state index in [0.717, 1.165) is 25.5 Å². The van der Waals surface area contributed by atoms with Gasteiger partial charge in [0.15, 0.2) is 11.6 Å². The summed E-state index contributed by atoms with van der Waals surface area (Å²) in [6.45, 7) is 3.41. The van der Waals surface area contributed by atoms with Gasteiger partial charge in [-0.15, -0.1) is 0 Å². The molecule has 4 atom stereocenters. The van der Waals surface area contributed by atoms with E-state index in [1.54, 1.807) is 6.07 Å². The minimum atomic E-state index is -0.842. The number of hydrogen-bond donors (Lipinski definition) is 1. The smallest absolute Gasteiger partial charge is 0.226 e. The fourth-order valence-electron chi connectivity index (χ4n) is 3.49. The molecule has 2 fully saturated rings. The molecule has 1 saturated heterocycles. The zero-order chi connectivity index (χ0) is 15.9. The van der Waals surface area contributed by atoms with E-state index in [1.165, 1.54) is 6.07 Å². The van der Waals surface area contributed by atoms with Gasteiger partial charge in [0.25, 0.3) is 0 Å². The molecule has 22 heavy (non-hydrogen) atoms. The van der Waals surface area contributed by atoms with Gasteiger partial charge < -0.3 is 10.6 Å². The zero-order valence-corrected chi connectivity index (χ0v) is 12.8. The average Bonchev–Trinajstić information content (AvgIpc) is 3.29. The van der Waals surface area contributed by atoms with Crippen molar-refractivity contribution in [3.8, 4) is 0 Å². The third-order valence-corrected chi connectivity index (χ3v) is 5.00. The molecule has 0 radical (unpaired) electrons. The topological polar surface area (TPSA) is 46.3 Å². The second kappa shape index (κ2) is 5.95. The Morgan fingerprint density at radius 1 is 1.41 bits per heavy atom. The first kappa shape index (κ1) is 15.4. The highest BCUT2D eigenvalue weighted by atomic mass is 19.2. The lowest BCUT2D eigenvalue weighted by Crippen LogP contribution is -2.45. The molecule has 1 amide bonds. The Morgan fingerprint density at radius 3 is 2.91 bits per heavy atom. The van der Waals surface area contributed by atoms with E-state index < -0.39 is 11.6 Å². The molecule has 1 aromatic carbocycles. The highest BCUT2D eigenvalue weighted by Crippen LogP contribution is 2.49. The van der Waals surface area contributed by atoms with Gasteiger partial charge in [-0.2, -0.15) is 0 Å². The first-order chi connectivity index (χ1) is 10.5. The molecular formula is C17H22F2N2O. The molecule has 4 unspecified atom stereocenters. The second-order valence-electron chi connectivity index (χ2n) is 6.64. The van der Waals surface area contributed by atoms with Crippen LogP contribution in [0.3, 0.4) is 0 Å². The van der Waals surface area contributed by atoms with Gasteiger partial charge in [-0.05, 0) is 49.7 Å². The van der Waals surface area contributed by atoms with Crippen LogP contribution in [0.15, 0.2) is 18.2 Å². The van der Waals surface area contributed by atoms with Crippen LogP contribution in [0.2, 0.25) is 0 Å². The Balaban J connectivity index is 1.66. The van der Waals surface area contributed by atoms with Gasteiger partial charge in [-0.1, -0.05) is 12.1 Å². The van der Waals surface area contributed by atoms with Gasteiger partial charge in [0.2, 0.25) is 5.91 Å². The summed E-state index contributed by atoms with van der Waals surface area (Å²) >= 11 is 0. The summed E-state index contributed by atoms with van der Waals surface area (Å²) < 4.78 is 27.1. The Kier molecular flexibility index (Phi) is 4.17. The van der Waals surface area contributed by atoms with E-state index in [0.29, 0.717) is 24.4 Å². The summed E-state index contributed by atoms with van der Waals surface area (Å²) in [6, 6.07) is 4.26. The molecule has 1 heterocycles. The Morgan fingerprint density at radius 2 is 2.18 bits per heavy atom. The third kappa shape index (κ3) is 2.86. The van der Waals surface area contributed by atoms with E-state index in [-0.39, 0.29) is 23.8 Å². The summed E-state index contributed by atoms with van der Waals surface area (Å²) in [5, 5.41) is 0. The summed E-state index contributed by atoms with van der Waals surface area (Å²) in [4.78, 5) is 14.4. The highest BCUT2D eigenvalue weighted by molar-refractivity contribution is 5.83. The molecule has 1 aliphatic heterocycles. The van der Waals surface area contributed by atoms with Crippen LogP contribution in [-0.2, 0) is 4.79 Å². The minimum absolute atomic E-state index is 0.0685. The van der Waals surface area contributed by atoms with Crippen LogP contribution in [-0.4, -0.2) is 29.9 Å². The number of nitrogens with two attached hydrogens (primary N) is 1. The molecule has 0 bridgehead atoms. The first-order valence-electron chi connectivity index (χ1n) is 7.97. The fourth-order valence-corrected chi connectivity index (χ4v) is 3.49. The van der Waals surface area contributed by atoms with Crippen LogP contribution in [0.5, 0.6) is 0 Å². The van der Waals surface area contributed by atoms with Gasteiger partial charge in [0.1, 0.15) is 0 Å². The normalized spacial score (nSPS) is 29.3. The van der Waals surface area contributed by atoms with Crippen molar-refractivity contribution in [3.63, 3.8) is 0 Å². The third-order valence-electron chi connectivity index (χ3n) is 5.00. The predicted octanol–water partition coefficient (Wildman–Crippen LogP) is 2.65. The molecule has 3 rings (SSSR count). The number of likely N-dealkylation sites (tertiary alicyclic amines) is 1. The van der Waals surface area contributed by atoms with Crippen LogP contribution in [0, 0.1) is 23.5 Å². The number of halogens is 2. The largest absolute Gasteiger partial charge is 0.342 e. The molecule has 0 spiro atoms. The van der Waals surface area contributed by atoms with E-state index in [1.807, 2.05) is 11.8 Å². The van der Waals surface area contributed by atoms with Crippen molar-refractivity contribution in [3.05, 3.63) is 35.4 Å². The highest BCUT2D eigenvalue weighted by Gasteiger charge is 2.47. The van der Waals surface area contributed by atoms with Crippen LogP contribution < -0.4 is 5.73 Å². The number of piperidine rings is 1. The van der Waals surface area contributed by atoms with Crippen LogP contribution in [0.4, 0.5) is 8.78 Å². The average molecular weight is 308 g/mol. The molecule has 2 aliphatic rings. The number of carbonyl (C=O) groups excluding carboxylic acids is 1. The lowest BCUT2D eigenvalue weighted by Gasteiger charge is -2.34. The van der Waals surface area contributed by atoms with Crippen molar-refractivity contribution in [2.24, 2.45) is 17.6 Å². The van der Waals surface area contributed by atoms with Gasteiger partial charge in [-0.3, -0.25) is 4.79 Å². The molecule has 3 nitrogen and oxygen atoms in total. The van der Waals surface area contributed by atoms with Crippen molar-refractivity contribution >= 4 is 5.91 Å². The molecule has 0 aromatic heterocycles. The maximum absolute atomic E-state index is 13.8. The lowest BCUT2D eigenvalue weighted by molar-refractivity contribution is -0.134. The molecular weight excluding hydrogens is 286 g/mol. The van der Waals surface area contributed by atoms with E-state index in [9.17, 15) is 13.6 Å². The number of carbonyl (C=O) groups is 1. The van der Waals surface area contributed by atoms with Crippen molar-refractivity contribution in [1.29, 1.82) is 0 Å². The number of hydrogen-bond acceptors (Lipinski definition) is 2. The molecule has 2 N–H and O–H groups in total. The maximum atomic E-state index is 13.8. The van der Waals surface area contributed by atoms with Gasteiger partial charge in [-0.25, -0.2) is 8.78 Å². The second-order valence-corrected chi connectivity index (χ2v) is 6.64. The predicted molar refractivity (Wildman–Crippen MR) is 80.2 cm³/mol. The van der Waals surface area contributed by atoms with Gasteiger partial charge >= 0.3 is 0 Å². The first-order valence-corrected chi connectivity index (χ1v) is 7.97. The summed E-state index contributed by atoms with van der Waals surface area (Å²) in [5.74, 6) is -1.64. The molecule has 120 valence electrons. The maximum Gasteiger partial charge on any atom is 0.226 e. The zero-order valence-electron chi connectivity index (χ0n) is 12.8. The summed E-state index contributed by atoms with van der Waals surface area (Å²) in [5.41, 5.74) is 6.28. The van der Waals surface area contributed by atoms with E-state index in [4.69, 9.17) is 5.73 Å². The summed E-state index contributed by atoms with van der Waals surface area (Å²) in [6.07, 6.45) is 2.62. The monoisotopic (exact) mass is 308 g/mol. The number of nitrogens with zero attached hydrogens (tertiary/aromatic N) is 1. The molecule has 1 saturated carbocycles. The Labute approximate surface area is 129 Å². The fraction of sp³-hybridized carbons (Fsp3) is 0.588. The van der Waals surface area contributed by atoms with E-state index >= 15 is 0 Å². The van der Waals surface area contributed by atoms with Crippen LogP contribution in [0.1, 0.15) is 37.7 Å².